The molecule has 0 saturated heterocycles. The van der Waals surface area contributed by atoms with Crippen molar-refractivity contribution in [3.05, 3.63) is 35.9 Å². The second-order valence-corrected chi connectivity index (χ2v) is 4.38. The fraction of sp³-hybridized carbons (Fsp3) is 0.538. The zero-order valence-electron chi connectivity index (χ0n) is 9.25. The molecule has 2 rings (SSSR count). The van der Waals surface area contributed by atoms with E-state index in [0.29, 0.717) is 26.1 Å². The maximum atomic E-state index is 9.62. The van der Waals surface area contributed by atoms with E-state index in [1.807, 2.05) is 30.3 Å². The van der Waals surface area contributed by atoms with E-state index in [4.69, 9.17) is 4.74 Å². The number of aliphatic hydroxyl groups is 2. The van der Waals surface area contributed by atoms with Crippen LogP contribution in [0.25, 0.3) is 0 Å². The molecule has 0 bridgehead atoms. The van der Waals surface area contributed by atoms with Gasteiger partial charge >= 0.3 is 0 Å². The van der Waals surface area contributed by atoms with Crippen molar-refractivity contribution in [1.82, 2.24) is 0 Å². The largest absolute Gasteiger partial charge is 0.393 e. The van der Waals surface area contributed by atoms with E-state index in [9.17, 15) is 10.2 Å². The van der Waals surface area contributed by atoms with Crippen molar-refractivity contribution in [3.63, 3.8) is 0 Å². The number of rotatable bonds is 4. The fourth-order valence-electron chi connectivity index (χ4n) is 2.14. The summed E-state index contributed by atoms with van der Waals surface area (Å²) in [6.45, 7) is 0.966. The molecular formula is C13H18O3. The Balaban J connectivity index is 1.76. The van der Waals surface area contributed by atoms with Gasteiger partial charge in [0.15, 0.2) is 0 Å². The van der Waals surface area contributed by atoms with Gasteiger partial charge in [-0.15, -0.1) is 0 Å². The van der Waals surface area contributed by atoms with E-state index in [-0.39, 0.29) is 5.92 Å². The van der Waals surface area contributed by atoms with E-state index >= 15 is 0 Å². The average Bonchev–Trinajstić information content (AvgIpc) is 2.62. The van der Waals surface area contributed by atoms with E-state index in [1.54, 1.807) is 0 Å². The molecule has 1 aliphatic carbocycles. The molecule has 3 atom stereocenters. The van der Waals surface area contributed by atoms with Crippen LogP contribution in [0.5, 0.6) is 0 Å². The predicted octanol–water partition coefficient (Wildman–Crippen LogP) is 1.33. The Morgan fingerprint density at radius 2 is 1.69 bits per heavy atom. The predicted molar refractivity (Wildman–Crippen MR) is 60.8 cm³/mol. The molecule has 0 aromatic heterocycles. The first kappa shape index (κ1) is 11.6. The van der Waals surface area contributed by atoms with Crippen LogP contribution in [0.2, 0.25) is 0 Å². The Labute approximate surface area is 95.7 Å². The lowest BCUT2D eigenvalue weighted by Gasteiger charge is -2.17. The van der Waals surface area contributed by atoms with Gasteiger partial charge in [0.25, 0.3) is 0 Å². The molecule has 1 saturated carbocycles. The van der Waals surface area contributed by atoms with Gasteiger partial charge in [-0.25, -0.2) is 0 Å². The first-order valence-corrected chi connectivity index (χ1v) is 5.75. The number of hydrogen-bond donors (Lipinski definition) is 2. The minimum absolute atomic E-state index is 0.122. The molecule has 0 amide bonds. The molecule has 16 heavy (non-hydrogen) atoms. The summed E-state index contributed by atoms with van der Waals surface area (Å²) in [5.41, 5.74) is 1.12. The molecule has 1 fully saturated rings. The summed E-state index contributed by atoms with van der Waals surface area (Å²) in [6, 6.07) is 9.91. The first-order valence-electron chi connectivity index (χ1n) is 5.75. The molecule has 0 heterocycles. The van der Waals surface area contributed by atoms with Gasteiger partial charge < -0.3 is 14.9 Å². The lowest BCUT2D eigenvalue weighted by molar-refractivity contribution is -0.00728. The highest BCUT2D eigenvalue weighted by Crippen LogP contribution is 2.26. The quantitative estimate of drug-likeness (QED) is 0.808. The number of benzene rings is 1. The topological polar surface area (TPSA) is 49.7 Å². The van der Waals surface area contributed by atoms with Crippen LogP contribution < -0.4 is 0 Å². The highest BCUT2D eigenvalue weighted by molar-refractivity contribution is 5.13. The third-order valence-corrected chi connectivity index (χ3v) is 3.17. The normalized spacial score (nSPS) is 29.5. The second kappa shape index (κ2) is 5.43. The Bertz CT molecular complexity index is 302. The maximum Gasteiger partial charge on any atom is 0.0717 e. The molecule has 88 valence electrons. The molecule has 1 aliphatic rings. The van der Waals surface area contributed by atoms with Crippen LogP contribution in [0, 0.1) is 5.92 Å². The number of aliphatic hydroxyl groups excluding tert-OH is 2. The summed E-state index contributed by atoms with van der Waals surface area (Å²) in [6.07, 6.45) is 0.540. The summed E-state index contributed by atoms with van der Waals surface area (Å²) < 4.78 is 5.52. The van der Waals surface area contributed by atoms with Crippen LogP contribution in [0.15, 0.2) is 30.3 Å². The molecule has 0 spiro atoms. The van der Waals surface area contributed by atoms with Gasteiger partial charge in [-0.05, 0) is 18.4 Å². The first-order chi connectivity index (χ1) is 7.77. The second-order valence-electron chi connectivity index (χ2n) is 4.38. The van der Waals surface area contributed by atoms with Crippen molar-refractivity contribution in [1.29, 1.82) is 0 Å². The Hall–Kier alpha value is -0.900. The molecule has 0 radical (unpaired) electrons. The highest BCUT2D eigenvalue weighted by atomic mass is 16.5. The molecule has 3 heteroatoms. The van der Waals surface area contributed by atoms with Crippen molar-refractivity contribution in [2.24, 2.45) is 5.92 Å². The fourth-order valence-corrected chi connectivity index (χ4v) is 2.14. The van der Waals surface area contributed by atoms with Gasteiger partial charge in [-0.2, -0.15) is 0 Å². The van der Waals surface area contributed by atoms with Gasteiger partial charge in [0.1, 0.15) is 0 Å². The number of hydrogen-bond acceptors (Lipinski definition) is 3. The SMILES string of the molecule is OC1CC[C@@H](O)C1COCc1ccccc1. The average molecular weight is 222 g/mol. The smallest absolute Gasteiger partial charge is 0.0717 e. The third kappa shape index (κ3) is 2.82. The minimum Gasteiger partial charge on any atom is -0.393 e. The summed E-state index contributed by atoms with van der Waals surface area (Å²) in [7, 11) is 0. The zero-order chi connectivity index (χ0) is 11.4. The lowest BCUT2D eigenvalue weighted by atomic mass is 10.1. The van der Waals surface area contributed by atoms with E-state index < -0.39 is 12.2 Å². The molecule has 3 nitrogen and oxygen atoms in total. The summed E-state index contributed by atoms with van der Waals surface area (Å²) >= 11 is 0. The van der Waals surface area contributed by atoms with Crippen LogP contribution in [-0.2, 0) is 11.3 Å². The van der Waals surface area contributed by atoms with Crippen molar-refractivity contribution in [2.45, 2.75) is 31.7 Å². The molecule has 1 aromatic carbocycles. The maximum absolute atomic E-state index is 9.62. The Morgan fingerprint density at radius 1 is 1.06 bits per heavy atom. The standard InChI is InChI=1S/C13H18O3/c14-12-6-7-13(15)11(12)9-16-8-10-4-2-1-3-5-10/h1-5,11-15H,6-9H2/t11?,12-,13?/m1/s1. The van der Waals surface area contributed by atoms with Gasteiger partial charge in [-0.3, -0.25) is 0 Å². The van der Waals surface area contributed by atoms with E-state index in [0.717, 1.165) is 5.56 Å². The van der Waals surface area contributed by atoms with Gasteiger partial charge in [0, 0.05) is 5.92 Å². The van der Waals surface area contributed by atoms with E-state index in [2.05, 4.69) is 0 Å². The van der Waals surface area contributed by atoms with Crippen molar-refractivity contribution < 1.29 is 14.9 Å². The lowest BCUT2D eigenvalue weighted by Crippen LogP contribution is -2.27. The summed E-state index contributed by atoms with van der Waals surface area (Å²) in [4.78, 5) is 0. The van der Waals surface area contributed by atoms with Crippen LogP contribution in [-0.4, -0.2) is 29.0 Å². The molecule has 2 N–H and O–H groups in total. The minimum atomic E-state index is -0.411. The zero-order valence-corrected chi connectivity index (χ0v) is 9.25. The summed E-state index contributed by atoms with van der Waals surface area (Å²) in [5.74, 6) is -0.122. The molecular weight excluding hydrogens is 204 g/mol. The van der Waals surface area contributed by atoms with Crippen molar-refractivity contribution in [3.8, 4) is 0 Å². The summed E-state index contributed by atoms with van der Waals surface area (Å²) in [5, 5.41) is 19.2. The van der Waals surface area contributed by atoms with Gasteiger partial charge in [-0.1, -0.05) is 30.3 Å². The Morgan fingerprint density at radius 3 is 2.31 bits per heavy atom. The van der Waals surface area contributed by atoms with Crippen molar-refractivity contribution in [2.75, 3.05) is 6.61 Å². The van der Waals surface area contributed by atoms with Gasteiger partial charge in [0.2, 0.25) is 0 Å². The molecule has 2 unspecified atom stereocenters. The third-order valence-electron chi connectivity index (χ3n) is 3.17. The monoisotopic (exact) mass is 222 g/mol. The van der Waals surface area contributed by atoms with Gasteiger partial charge in [0.05, 0.1) is 25.4 Å². The molecule has 1 aromatic rings. The van der Waals surface area contributed by atoms with Crippen molar-refractivity contribution >= 4 is 0 Å². The van der Waals surface area contributed by atoms with Crippen LogP contribution in [0.1, 0.15) is 18.4 Å². The number of ether oxygens (including phenoxy) is 1. The molecule has 0 aliphatic heterocycles. The van der Waals surface area contributed by atoms with Crippen LogP contribution >= 0.6 is 0 Å². The Kier molecular flexibility index (Phi) is 3.93. The van der Waals surface area contributed by atoms with Crippen LogP contribution in [0.3, 0.4) is 0 Å². The van der Waals surface area contributed by atoms with Crippen LogP contribution in [0.4, 0.5) is 0 Å². The highest BCUT2D eigenvalue weighted by Gasteiger charge is 2.33. The van der Waals surface area contributed by atoms with E-state index in [1.165, 1.54) is 0 Å².